The normalized spacial score (nSPS) is 30.2. The second-order valence-electron chi connectivity index (χ2n) is 4.74. The first-order chi connectivity index (χ1) is 7.68. The summed E-state index contributed by atoms with van der Waals surface area (Å²) in [6.45, 7) is 2.18. The zero-order valence-electron chi connectivity index (χ0n) is 9.86. The lowest BCUT2D eigenvalue weighted by Gasteiger charge is -2.37. The lowest BCUT2D eigenvalue weighted by atomic mass is 9.75. The number of hydrogen-bond donors (Lipinski definition) is 0. The number of rotatable bonds is 3. The van der Waals surface area contributed by atoms with Crippen molar-refractivity contribution in [3.8, 4) is 0 Å². The summed E-state index contributed by atoms with van der Waals surface area (Å²) in [5, 5.41) is 0. The molecule has 0 amide bonds. The van der Waals surface area contributed by atoms with Crippen molar-refractivity contribution in [3.05, 3.63) is 24.2 Å². The molecule has 16 heavy (non-hydrogen) atoms. The number of methoxy groups -OCH3 is 1. The second kappa shape index (κ2) is 4.42. The Balaban J connectivity index is 2.24. The third-order valence-electron chi connectivity index (χ3n) is 3.54. The van der Waals surface area contributed by atoms with E-state index in [1.165, 1.54) is 18.9 Å². The smallest absolute Gasteiger partial charge is 0.197 e. The molecule has 1 fully saturated rings. The van der Waals surface area contributed by atoms with Crippen LogP contribution in [0.2, 0.25) is 0 Å². The van der Waals surface area contributed by atoms with E-state index in [9.17, 15) is 4.79 Å². The molecule has 1 aliphatic rings. The molecule has 88 valence electrons. The van der Waals surface area contributed by atoms with Gasteiger partial charge in [-0.1, -0.05) is 13.3 Å². The predicted molar refractivity (Wildman–Crippen MR) is 60.4 cm³/mol. The van der Waals surface area contributed by atoms with Gasteiger partial charge in [-0.05, 0) is 31.2 Å². The van der Waals surface area contributed by atoms with Gasteiger partial charge in [-0.25, -0.2) is 0 Å². The molecule has 3 nitrogen and oxygen atoms in total. The Morgan fingerprint density at radius 1 is 1.62 bits per heavy atom. The van der Waals surface area contributed by atoms with Crippen LogP contribution >= 0.6 is 0 Å². The van der Waals surface area contributed by atoms with Crippen molar-refractivity contribution in [2.75, 3.05) is 7.11 Å². The number of furan rings is 1. The summed E-state index contributed by atoms with van der Waals surface area (Å²) < 4.78 is 10.5. The van der Waals surface area contributed by atoms with Crippen molar-refractivity contribution in [3.63, 3.8) is 0 Å². The van der Waals surface area contributed by atoms with E-state index in [1.54, 1.807) is 13.2 Å². The van der Waals surface area contributed by atoms with Crippen molar-refractivity contribution in [1.82, 2.24) is 0 Å². The van der Waals surface area contributed by atoms with E-state index in [0.717, 1.165) is 19.3 Å². The fraction of sp³-hybridized carbons (Fsp3) is 0.615. The maximum atomic E-state index is 12.4. The van der Waals surface area contributed by atoms with Gasteiger partial charge in [0.15, 0.2) is 5.78 Å². The maximum Gasteiger partial charge on any atom is 0.197 e. The summed E-state index contributed by atoms with van der Waals surface area (Å²) in [6.07, 6.45) is 6.90. The SMILES string of the molecule is COC1(C(=O)c2ccoc2)CCCC(C)C1. The van der Waals surface area contributed by atoms with Crippen LogP contribution in [0.4, 0.5) is 0 Å². The van der Waals surface area contributed by atoms with Gasteiger partial charge in [0.1, 0.15) is 11.9 Å². The highest BCUT2D eigenvalue weighted by Gasteiger charge is 2.42. The van der Waals surface area contributed by atoms with Crippen molar-refractivity contribution in [2.24, 2.45) is 5.92 Å². The fourth-order valence-corrected chi connectivity index (χ4v) is 2.64. The molecular formula is C13H18O3. The quantitative estimate of drug-likeness (QED) is 0.738. The average molecular weight is 222 g/mol. The lowest BCUT2D eigenvalue weighted by molar-refractivity contribution is -0.0303. The van der Waals surface area contributed by atoms with E-state index in [4.69, 9.17) is 9.15 Å². The van der Waals surface area contributed by atoms with Crippen LogP contribution in [0.3, 0.4) is 0 Å². The minimum absolute atomic E-state index is 0.0651. The van der Waals surface area contributed by atoms with Crippen LogP contribution in [0, 0.1) is 5.92 Å². The van der Waals surface area contributed by atoms with Crippen LogP contribution in [-0.2, 0) is 4.74 Å². The molecular weight excluding hydrogens is 204 g/mol. The molecule has 0 bridgehead atoms. The van der Waals surface area contributed by atoms with E-state index >= 15 is 0 Å². The second-order valence-corrected chi connectivity index (χ2v) is 4.74. The van der Waals surface area contributed by atoms with E-state index in [2.05, 4.69) is 6.92 Å². The molecule has 2 rings (SSSR count). The molecule has 0 aliphatic heterocycles. The van der Waals surface area contributed by atoms with Gasteiger partial charge >= 0.3 is 0 Å². The molecule has 0 saturated heterocycles. The summed E-state index contributed by atoms with van der Waals surface area (Å²) in [5.74, 6) is 0.611. The Hall–Kier alpha value is -1.09. The third kappa shape index (κ3) is 1.92. The first kappa shape index (κ1) is 11.4. The molecule has 0 N–H and O–H groups in total. The molecule has 1 aromatic heterocycles. The number of carbonyl (C=O) groups excluding carboxylic acids is 1. The molecule has 0 spiro atoms. The van der Waals surface area contributed by atoms with Crippen LogP contribution in [0.1, 0.15) is 43.0 Å². The summed E-state index contributed by atoms with van der Waals surface area (Å²) in [4.78, 5) is 12.4. The van der Waals surface area contributed by atoms with Crippen LogP contribution in [-0.4, -0.2) is 18.5 Å². The minimum atomic E-state index is -0.623. The summed E-state index contributed by atoms with van der Waals surface area (Å²) in [7, 11) is 1.63. The van der Waals surface area contributed by atoms with Crippen molar-refractivity contribution in [2.45, 2.75) is 38.2 Å². The first-order valence-electron chi connectivity index (χ1n) is 5.80. The molecule has 1 saturated carbocycles. The number of hydrogen-bond acceptors (Lipinski definition) is 3. The summed E-state index contributed by atoms with van der Waals surface area (Å²) in [6, 6.07) is 1.71. The van der Waals surface area contributed by atoms with Gasteiger partial charge in [-0.3, -0.25) is 4.79 Å². The van der Waals surface area contributed by atoms with Crippen LogP contribution in [0.5, 0.6) is 0 Å². The first-order valence-corrected chi connectivity index (χ1v) is 5.80. The van der Waals surface area contributed by atoms with E-state index < -0.39 is 5.60 Å². The van der Waals surface area contributed by atoms with Crippen LogP contribution < -0.4 is 0 Å². The molecule has 0 radical (unpaired) electrons. The highest BCUT2D eigenvalue weighted by atomic mass is 16.5. The highest BCUT2D eigenvalue weighted by molar-refractivity contribution is 6.02. The predicted octanol–water partition coefficient (Wildman–Crippen LogP) is 3.06. The molecule has 0 aromatic carbocycles. The van der Waals surface area contributed by atoms with Crippen LogP contribution in [0.15, 0.2) is 23.0 Å². The third-order valence-corrected chi connectivity index (χ3v) is 3.54. The molecule has 1 heterocycles. The monoisotopic (exact) mass is 222 g/mol. The zero-order chi connectivity index (χ0) is 11.6. The largest absolute Gasteiger partial charge is 0.472 e. The lowest BCUT2D eigenvalue weighted by Crippen LogP contribution is -2.44. The number of ketones is 1. The van der Waals surface area contributed by atoms with Crippen LogP contribution in [0.25, 0.3) is 0 Å². The van der Waals surface area contributed by atoms with Crippen molar-refractivity contribution in [1.29, 1.82) is 0 Å². The van der Waals surface area contributed by atoms with Gasteiger partial charge in [0.05, 0.1) is 11.8 Å². The fourth-order valence-electron chi connectivity index (χ4n) is 2.64. The van der Waals surface area contributed by atoms with Crippen molar-refractivity contribution >= 4 is 5.78 Å². The Labute approximate surface area is 95.8 Å². The maximum absolute atomic E-state index is 12.4. The zero-order valence-corrected chi connectivity index (χ0v) is 9.86. The Morgan fingerprint density at radius 2 is 2.44 bits per heavy atom. The minimum Gasteiger partial charge on any atom is -0.472 e. The van der Waals surface area contributed by atoms with Gasteiger partial charge in [0.2, 0.25) is 0 Å². The van der Waals surface area contributed by atoms with Gasteiger partial charge in [-0.15, -0.1) is 0 Å². The number of Topliss-reactive ketones (excluding diaryl/α,β-unsaturated/α-hetero) is 1. The van der Waals surface area contributed by atoms with Gasteiger partial charge in [0.25, 0.3) is 0 Å². The number of carbonyl (C=O) groups is 1. The standard InChI is InChI=1S/C13H18O3/c1-10-4-3-6-13(8-10,15-2)12(14)11-5-7-16-9-11/h5,7,9-10H,3-4,6,8H2,1-2H3. The van der Waals surface area contributed by atoms with Crippen molar-refractivity contribution < 1.29 is 13.9 Å². The van der Waals surface area contributed by atoms with E-state index in [1.807, 2.05) is 0 Å². The molecule has 3 heteroatoms. The summed E-state index contributed by atoms with van der Waals surface area (Å²) >= 11 is 0. The van der Waals surface area contributed by atoms with Gasteiger partial charge in [0, 0.05) is 7.11 Å². The van der Waals surface area contributed by atoms with E-state index in [-0.39, 0.29) is 5.78 Å². The average Bonchev–Trinajstić information content (AvgIpc) is 2.81. The topological polar surface area (TPSA) is 39.4 Å². The van der Waals surface area contributed by atoms with Gasteiger partial charge in [-0.2, -0.15) is 0 Å². The van der Waals surface area contributed by atoms with Gasteiger partial charge < -0.3 is 9.15 Å². The molecule has 1 aliphatic carbocycles. The molecule has 2 atom stereocenters. The molecule has 1 aromatic rings. The number of ether oxygens (including phenoxy) is 1. The Kier molecular flexibility index (Phi) is 3.15. The highest BCUT2D eigenvalue weighted by Crippen LogP contribution is 2.37. The Bertz CT molecular complexity index is 355. The summed E-state index contributed by atoms with van der Waals surface area (Å²) in [5.41, 5.74) is -0.00222. The van der Waals surface area contributed by atoms with E-state index in [0.29, 0.717) is 11.5 Å². The Morgan fingerprint density at radius 3 is 3.00 bits per heavy atom. The molecule has 2 unspecified atom stereocenters.